The molecule has 2 aromatic carbocycles. The van der Waals surface area contributed by atoms with Crippen molar-refractivity contribution >= 4 is 15.9 Å². The molecule has 5 aromatic rings. The Morgan fingerprint density at radius 1 is 1.00 bits per heavy atom. The van der Waals surface area contributed by atoms with Crippen molar-refractivity contribution in [2.24, 2.45) is 0 Å². The number of hydrogen-bond donors (Lipinski definition) is 1. The van der Waals surface area contributed by atoms with Crippen LogP contribution in [0.5, 0.6) is 0 Å². The number of nitrogens with one attached hydrogen (secondary N) is 1. The lowest BCUT2D eigenvalue weighted by molar-refractivity contribution is 0.690. The summed E-state index contributed by atoms with van der Waals surface area (Å²) in [6, 6.07) is 19.5. The van der Waals surface area contributed by atoms with Gasteiger partial charge < -0.3 is 0 Å². The van der Waals surface area contributed by atoms with E-state index < -0.39 is 0 Å². The van der Waals surface area contributed by atoms with Crippen molar-refractivity contribution < 1.29 is 0 Å². The van der Waals surface area contributed by atoms with Gasteiger partial charge in [-0.25, -0.2) is 4.79 Å². The first kappa shape index (κ1) is 22.0. The molecule has 0 radical (unpaired) electrons. The van der Waals surface area contributed by atoms with Crippen molar-refractivity contribution in [3.05, 3.63) is 99.3 Å². The van der Waals surface area contributed by atoms with Gasteiger partial charge in [-0.05, 0) is 51.3 Å². The van der Waals surface area contributed by atoms with Gasteiger partial charge >= 0.3 is 5.69 Å². The van der Waals surface area contributed by atoms with Crippen LogP contribution < -0.4 is 5.69 Å². The predicted molar refractivity (Wildman–Crippen MR) is 134 cm³/mol. The zero-order valence-electron chi connectivity index (χ0n) is 18.5. The summed E-state index contributed by atoms with van der Waals surface area (Å²) < 4.78 is 4.41. The number of hydrogen-bond acceptors (Lipinski definition) is 5. The van der Waals surface area contributed by atoms with E-state index >= 15 is 0 Å². The molecule has 9 heteroatoms. The molecule has 0 bridgehead atoms. The summed E-state index contributed by atoms with van der Waals surface area (Å²) >= 11 is 3.56. The van der Waals surface area contributed by atoms with Crippen molar-refractivity contribution in [1.29, 1.82) is 0 Å². The topological polar surface area (TPSA) is 94.3 Å². The summed E-state index contributed by atoms with van der Waals surface area (Å²) in [4.78, 5) is 18.0. The number of aromatic amines is 1. The van der Waals surface area contributed by atoms with Crippen LogP contribution in [0.15, 0.2) is 82.3 Å². The first-order valence-corrected chi connectivity index (χ1v) is 11.8. The van der Waals surface area contributed by atoms with Gasteiger partial charge in [0.1, 0.15) is 0 Å². The fraction of sp³-hybridized carbons (Fsp3) is 0.160. The van der Waals surface area contributed by atoms with Crippen molar-refractivity contribution in [2.75, 3.05) is 0 Å². The fourth-order valence-electron chi connectivity index (χ4n) is 4.01. The zero-order valence-corrected chi connectivity index (χ0v) is 20.1. The lowest BCUT2D eigenvalue weighted by Crippen LogP contribution is -2.25. The molecule has 0 spiro atoms. The van der Waals surface area contributed by atoms with Gasteiger partial charge in [0.15, 0.2) is 0 Å². The summed E-state index contributed by atoms with van der Waals surface area (Å²) in [5, 5.41) is 14.3. The van der Waals surface area contributed by atoms with E-state index in [2.05, 4.69) is 48.5 Å². The molecule has 0 saturated heterocycles. The maximum absolute atomic E-state index is 13.3. The lowest BCUT2D eigenvalue weighted by Gasteiger charge is -2.09. The lowest BCUT2D eigenvalue weighted by atomic mass is 10.0. The minimum atomic E-state index is -0.0677. The highest BCUT2D eigenvalue weighted by molar-refractivity contribution is 9.10. The molecule has 3 aromatic heterocycles. The summed E-state index contributed by atoms with van der Waals surface area (Å²) in [5.74, 6) is 0.519. The van der Waals surface area contributed by atoms with E-state index in [4.69, 9.17) is 0 Å². The van der Waals surface area contributed by atoms with Gasteiger partial charge in [-0.3, -0.25) is 14.1 Å². The SMILES string of the molecule is CCCc1cn(-c2ccccc2Br)c(=O)n1Cc1ccc(-c2ccccc2-c2nn[nH]n2)nc1. The molecular formula is C25H22BrN7O. The normalized spacial score (nSPS) is 11.1. The van der Waals surface area contributed by atoms with E-state index in [9.17, 15) is 4.79 Å². The molecule has 0 saturated carbocycles. The minimum absolute atomic E-state index is 0.0677. The number of imidazole rings is 1. The molecule has 8 nitrogen and oxygen atoms in total. The summed E-state index contributed by atoms with van der Waals surface area (Å²) in [6.07, 6.45) is 5.52. The molecule has 0 aliphatic carbocycles. The highest BCUT2D eigenvalue weighted by Crippen LogP contribution is 2.28. The van der Waals surface area contributed by atoms with Crippen LogP contribution in [0.2, 0.25) is 0 Å². The monoisotopic (exact) mass is 515 g/mol. The van der Waals surface area contributed by atoms with Crippen LogP contribution in [0.4, 0.5) is 0 Å². The average Bonchev–Trinajstić information content (AvgIpc) is 3.50. The Balaban J connectivity index is 1.48. The van der Waals surface area contributed by atoms with Crippen molar-refractivity contribution in [3.63, 3.8) is 0 Å². The van der Waals surface area contributed by atoms with Gasteiger partial charge in [0.05, 0.1) is 17.9 Å². The molecule has 5 rings (SSSR count). The third-order valence-corrected chi connectivity index (χ3v) is 6.31. The van der Waals surface area contributed by atoms with Crippen LogP contribution >= 0.6 is 15.9 Å². The van der Waals surface area contributed by atoms with Gasteiger partial charge in [0.2, 0.25) is 5.82 Å². The zero-order chi connectivity index (χ0) is 23.5. The maximum atomic E-state index is 13.3. The molecule has 1 N–H and O–H groups in total. The van der Waals surface area contributed by atoms with Gasteiger partial charge in [-0.1, -0.05) is 55.8 Å². The highest BCUT2D eigenvalue weighted by Gasteiger charge is 2.15. The number of pyridine rings is 1. The van der Waals surface area contributed by atoms with Crippen LogP contribution in [-0.2, 0) is 13.0 Å². The van der Waals surface area contributed by atoms with E-state index in [-0.39, 0.29) is 5.69 Å². The third kappa shape index (κ3) is 4.22. The van der Waals surface area contributed by atoms with E-state index in [1.165, 1.54) is 0 Å². The Labute approximate surface area is 204 Å². The number of aromatic nitrogens is 7. The largest absolute Gasteiger partial charge is 0.333 e. The number of halogens is 1. The van der Waals surface area contributed by atoms with Gasteiger partial charge in [0.25, 0.3) is 0 Å². The molecule has 0 unspecified atom stereocenters. The Hall–Kier alpha value is -3.85. The average molecular weight is 516 g/mol. The van der Waals surface area contributed by atoms with Crippen molar-refractivity contribution in [3.8, 4) is 28.3 Å². The molecule has 0 amide bonds. The maximum Gasteiger partial charge on any atom is 0.333 e. The quantitative estimate of drug-likeness (QED) is 0.340. The van der Waals surface area contributed by atoms with Crippen LogP contribution in [0.3, 0.4) is 0 Å². The van der Waals surface area contributed by atoms with Gasteiger partial charge in [0, 0.05) is 33.7 Å². The first-order chi connectivity index (χ1) is 16.7. The molecule has 3 heterocycles. The highest BCUT2D eigenvalue weighted by atomic mass is 79.9. The van der Waals surface area contributed by atoms with Crippen molar-refractivity contribution in [1.82, 2.24) is 34.7 Å². The number of aryl methyl sites for hydroxylation is 1. The van der Waals surface area contributed by atoms with Crippen LogP contribution in [-0.4, -0.2) is 34.7 Å². The van der Waals surface area contributed by atoms with Crippen LogP contribution in [0.25, 0.3) is 28.3 Å². The van der Waals surface area contributed by atoms with Crippen molar-refractivity contribution in [2.45, 2.75) is 26.3 Å². The summed E-state index contributed by atoms with van der Waals surface area (Å²) in [7, 11) is 0. The molecule has 34 heavy (non-hydrogen) atoms. The predicted octanol–water partition coefficient (Wildman–Crippen LogP) is 4.64. The van der Waals surface area contributed by atoms with Gasteiger partial charge in [-0.15, -0.1) is 10.2 Å². The summed E-state index contributed by atoms with van der Waals surface area (Å²) in [6.45, 7) is 2.56. The molecule has 0 aliphatic heterocycles. The van der Waals surface area contributed by atoms with Gasteiger partial charge in [-0.2, -0.15) is 5.21 Å². The van der Waals surface area contributed by atoms with E-state index in [0.29, 0.717) is 12.4 Å². The minimum Gasteiger partial charge on any atom is -0.292 e. The first-order valence-electron chi connectivity index (χ1n) is 11.0. The van der Waals surface area contributed by atoms with E-state index in [0.717, 1.165) is 51.1 Å². The Morgan fingerprint density at radius 3 is 2.50 bits per heavy atom. The number of tetrazole rings is 1. The number of nitrogens with zero attached hydrogens (tertiary/aromatic N) is 6. The number of para-hydroxylation sites is 1. The van der Waals surface area contributed by atoms with Crippen LogP contribution in [0.1, 0.15) is 24.6 Å². The molecule has 0 fully saturated rings. The molecular weight excluding hydrogens is 494 g/mol. The van der Waals surface area contributed by atoms with E-state index in [1.807, 2.05) is 77.6 Å². The second kappa shape index (κ2) is 9.56. The molecule has 0 aliphatic rings. The van der Waals surface area contributed by atoms with E-state index in [1.54, 1.807) is 4.57 Å². The fourth-order valence-corrected chi connectivity index (χ4v) is 4.48. The second-order valence-corrected chi connectivity index (χ2v) is 8.75. The second-order valence-electron chi connectivity index (χ2n) is 7.89. The standard InChI is InChI=1S/C25H22BrN7O/c1-2-7-18-16-33(23-11-6-5-10-21(23)26)25(34)32(18)15-17-12-13-22(27-14-17)19-8-3-4-9-20(19)24-28-30-31-29-24/h3-6,8-14,16H,2,7,15H2,1H3,(H,28,29,30,31). The molecule has 0 atom stereocenters. The molecule has 170 valence electrons. The Kier molecular flexibility index (Phi) is 6.18. The number of benzene rings is 2. The smallest absolute Gasteiger partial charge is 0.292 e. The Bertz CT molecular complexity index is 1470. The number of H-pyrrole nitrogens is 1. The Morgan fingerprint density at radius 2 is 1.79 bits per heavy atom. The van der Waals surface area contributed by atoms with Crippen LogP contribution in [0, 0.1) is 0 Å². The third-order valence-electron chi connectivity index (χ3n) is 5.63. The number of rotatable bonds is 7. The summed E-state index contributed by atoms with van der Waals surface area (Å²) in [5.41, 5.74) is 5.27.